The molecule has 0 aromatic heterocycles. The SMILES string of the molecule is CCCCN(C(C)C)C(C)C.[H-].[Li+]. The van der Waals surface area contributed by atoms with Crippen molar-refractivity contribution in [2.45, 2.75) is 59.5 Å². The molecule has 12 heavy (non-hydrogen) atoms. The van der Waals surface area contributed by atoms with Crippen molar-refractivity contribution in [3.63, 3.8) is 0 Å². The summed E-state index contributed by atoms with van der Waals surface area (Å²) < 4.78 is 0. The zero-order valence-electron chi connectivity index (χ0n) is 10.7. The van der Waals surface area contributed by atoms with Gasteiger partial charge in [-0.2, -0.15) is 0 Å². The van der Waals surface area contributed by atoms with Crippen LogP contribution in [0.3, 0.4) is 0 Å². The molecule has 0 rings (SSSR count). The third kappa shape index (κ3) is 6.12. The Bertz CT molecular complexity index is 88.9. The van der Waals surface area contributed by atoms with E-state index in [0.717, 1.165) is 0 Å². The molecule has 0 saturated heterocycles. The summed E-state index contributed by atoms with van der Waals surface area (Å²) in [5.74, 6) is 0. The van der Waals surface area contributed by atoms with Crippen molar-refractivity contribution in [2.24, 2.45) is 0 Å². The first-order valence-corrected chi connectivity index (χ1v) is 4.85. The Balaban J connectivity index is -0.000000500. The van der Waals surface area contributed by atoms with E-state index in [1.54, 1.807) is 0 Å². The van der Waals surface area contributed by atoms with E-state index in [4.69, 9.17) is 0 Å². The molecule has 70 valence electrons. The first kappa shape index (κ1) is 15.0. The second-order valence-electron chi connectivity index (χ2n) is 3.78. The summed E-state index contributed by atoms with van der Waals surface area (Å²) in [4.78, 5) is 2.55. The average molecular weight is 165 g/mol. The van der Waals surface area contributed by atoms with E-state index in [9.17, 15) is 0 Å². The standard InChI is InChI=1S/C10H23N.Li.H/c1-6-7-8-11(9(2)3)10(4)5;;/h9-10H,6-8H2,1-5H3;;/q;+1;-1. The summed E-state index contributed by atoms with van der Waals surface area (Å²) in [6, 6.07) is 1.39. The van der Waals surface area contributed by atoms with E-state index in [1.165, 1.54) is 19.4 Å². The van der Waals surface area contributed by atoms with Gasteiger partial charge in [-0.1, -0.05) is 13.3 Å². The molecule has 0 aliphatic rings. The Morgan fingerprint density at radius 2 is 1.50 bits per heavy atom. The van der Waals surface area contributed by atoms with Crippen LogP contribution in [0.25, 0.3) is 0 Å². The van der Waals surface area contributed by atoms with Crippen molar-refractivity contribution in [3.05, 3.63) is 0 Å². The van der Waals surface area contributed by atoms with Crippen LogP contribution in [0.1, 0.15) is 48.9 Å². The van der Waals surface area contributed by atoms with E-state index in [1.807, 2.05) is 0 Å². The molecule has 0 aromatic carbocycles. The van der Waals surface area contributed by atoms with Crippen molar-refractivity contribution in [1.29, 1.82) is 0 Å². The minimum atomic E-state index is 0. The molecule has 0 radical (unpaired) electrons. The molecule has 0 aliphatic heterocycles. The Morgan fingerprint density at radius 3 is 1.75 bits per heavy atom. The van der Waals surface area contributed by atoms with E-state index in [-0.39, 0.29) is 20.3 Å². The predicted molar refractivity (Wildman–Crippen MR) is 53.0 cm³/mol. The third-order valence-corrected chi connectivity index (χ3v) is 2.10. The monoisotopic (exact) mass is 165 g/mol. The molecule has 0 N–H and O–H groups in total. The smallest absolute Gasteiger partial charge is 1.00 e. The van der Waals surface area contributed by atoms with Crippen molar-refractivity contribution in [3.8, 4) is 0 Å². The summed E-state index contributed by atoms with van der Waals surface area (Å²) in [5, 5.41) is 0. The Morgan fingerprint density at radius 1 is 1.08 bits per heavy atom. The molecule has 1 nitrogen and oxygen atoms in total. The minimum absolute atomic E-state index is 0. The number of rotatable bonds is 5. The van der Waals surface area contributed by atoms with Crippen LogP contribution in [0.5, 0.6) is 0 Å². The van der Waals surface area contributed by atoms with Gasteiger partial charge in [-0.15, -0.1) is 0 Å². The molecule has 0 spiro atoms. The van der Waals surface area contributed by atoms with Crippen LogP contribution in [0.4, 0.5) is 0 Å². The van der Waals surface area contributed by atoms with Crippen LogP contribution in [0, 0.1) is 0 Å². The van der Waals surface area contributed by atoms with E-state index < -0.39 is 0 Å². The quantitative estimate of drug-likeness (QED) is 0.519. The van der Waals surface area contributed by atoms with Crippen LogP contribution in [-0.2, 0) is 0 Å². The van der Waals surface area contributed by atoms with Crippen molar-refractivity contribution in [1.82, 2.24) is 4.90 Å². The van der Waals surface area contributed by atoms with Crippen LogP contribution in [0.2, 0.25) is 0 Å². The third-order valence-electron chi connectivity index (χ3n) is 2.10. The number of hydrogen-bond donors (Lipinski definition) is 0. The van der Waals surface area contributed by atoms with Gasteiger partial charge in [-0.05, 0) is 40.7 Å². The van der Waals surface area contributed by atoms with Gasteiger partial charge in [0.15, 0.2) is 0 Å². The zero-order chi connectivity index (χ0) is 8.85. The Kier molecular flexibility index (Phi) is 10.2. The molecule has 2 heteroatoms. The summed E-state index contributed by atoms with van der Waals surface area (Å²) in [7, 11) is 0. The second-order valence-corrected chi connectivity index (χ2v) is 3.78. The molecule has 0 saturated carbocycles. The van der Waals surface area contributed by atoms with E-state index >= 15 is 0 Å². The first-order valence-electron chi connectivity index (χ1n) is 4.85. The summed E-state index contributed by atoms with van der Waals surface area (Å²) >= 11 is 0. The molecule has 0 amide bonds. The van der Waals surface area contributed by atoms with Crippen LogP contribution in [-0.4, -0.2) is 23.5 Å². The topological polar surface area (TPSA) is 3.24 Å². The van der Waals surface area contributed by atoms with Crippen molar-refractivity contribution >= 4 is 0 Å². The molecule has 0 atom stereocenters. The molecule has 0 bridgehead atoms. The van der Waals surface area contributed by atoms with Gasteiger partial charge in [0.05, 0.1) is 0 Å². The number of nitrogens with zero attached hydrogens (tertiary/aromatic N) is 1. The summed E-state index contributed by atoms with van der Waals surface area (Å²) in [5.41, 5.74) is 0. The fraction of sp³-hybridized carbons (Fsp3) is 1.00. The van der Waals surface area contributed by atoms with Crippen LogP contribution < -0.4 is 18.9 Å². The van der Waals surface area contributed by atoms with Gasteiger partial charge in [0, 0.05) is 12.1 Å². The van der Waals surface area contributed by atoms with Crippen molar-refractivity contribution in [2.75, 3.05) is 6.54 Å². The first-order chi connectivity index (χ1) is 5.09. The fourth-order valence-electron chi connectivity index (χ4n) is 1.45. The number of hydrogen-bond acceptors (Lipinski definition) is 1. The predicted octanol–water partition coefficient (Wildman–Crippen LogP) is 0.0218. The molecule has 0 heterocycles. The fourth-order valence-corrected chi connectivity index (χ4v) is 1.45. The van der Waals surface area contributed by atoms with Crippen LogP contribution in [0.15, 0.2) is 0 Å². The maximum atomic E-state index is 2.55. The van der Waals surface area contributed by atoms with Gasteiger partial charge in [0.2, 0.25) is 0 Å². The van der Waals surface area contributed by atoms with Gasteiger partial charge in [-0.25, -0.2) is 0 Å². The van der Waals surface area contributed by atoms with E-state index in [0.29, 0.717) is 12.1 Å². The van der Waals surface area contributed by atoms with Gasteiger partial charge < -0.3 is 1.43 Å². The molecule has 0 unspecified atom stereocenters. The van der Waals surface area contributed by atoms with Gasteiger partial charge >= 0.3 is 18.9 Å². The summed E-state index contributed by atoms with van der Waals surface area (Å²) in [6.07, 6.45) is 2.63. The van der Waals surface area contributed by atoms with Crippen molar-refractivity contribution < 1.29 is 20.3 Å². The summed E-state index contributed by atoms with van der Waals surface area (Å²) in [6.45, 7) is 12.6. The molecule has 0 fully saturated rings. The minimum Gasteiger partial charge on any atom is -1.00 e. The maximum Gasteiger partial charge on any atom is 1.00 e. The zero-order valence-corrected chi connectivity index (χ0v) is 9.72. The number of unbranched alkanes of at least 4 members (excludes halogenated alkanes) is 1. The normalized spacial score (nSPS) is 11.0. The van der Waals surface area contributed by atoms with Gasteiger partial charge in [0.1, 0.15) is 0 Å². The van der Waals surface area contributed by atoms with Gasteiger partial charge in [-0.3, -0.25) is 4.90 Å². The van der Waals surface area contributed by atoms with E-state index in [2.05, 4.69) is 39.5 Å². The Hall–Kier alpha value is 0.557. The molecule has 0 aromatic rings. The molecular weight excluding hydrogens is 141 g/mol. The average Bonchev–Trinajstić information content (AvgIpc) is 1.87. The molecular formula is C10H24LiN. The second kappa shape index (κ2) is 8.17. The largest absolute Gasteiger partial charge is 1.00 e. The Labute approximate surface area is 91.6 Å². The molecule has 0 aliphatic carbocycles. The van der Waals surface area contributed by atoms with Gasteiger partial charge in [0.25, 0.3) is 0 Å². The van der Waals surface area contributed by atoms with Crippen LogP contribution >= 0.6 is 0 Å². The maximum absolute atomic E-state index is 2.55.